The van der Waals surface area contributed by atoms with E-state index in [2.05, 4.69) is 16.0 Å². The molecule has 2 rings (SSSR count). The minimum atomic E-state index is -0.192. The van der Waals surface area contributed by atoms with E-state index in [1.54, 1.807) is 12.1 Å². The molecule has 2 amide bonds. The van der Waals surface area contributed by atoms with Crippen LogP contribution in [0.3, 0.4) is 0 Å². The maximum atomic E-state index is 11.5. The Bertz CT molecular complexity index is 516. The fourth-order valence-corrected chi connectivity index (χ4v) is 2.81. The van der Waals surface area contributed by atoms with Crippen molar-refractivity contribution in [2.24, 2.45) is 0 Å². The first-order chi connectivity index (χ1) is 9.04. The lowest BCUT2D eigenvalue weighted by atomic mass is 10.2. The SMILES string of the molecule is CC(=O)Nc1ccc(NC[C@H]2SC(=S)NC2=O)cc1. The van der Waals surface area contributed by atoms with E-state index in [0.717, 1.165) is 11.4 Å². The van der Waals surface area contributed by atoms with Gasteiger partial charge in [-0.1, -0.05) is 24.0 Å². The molecule has 1 aromatic carbocycles. The van der Waals surface area contributed by atoms with E-state index in [-0.39, 0.29) is 17.1 Å². The van der Waals surface area contributed by atoms with Crippen LogP contribution in [0.25, 0.3) is 0 Å². The van der Waals surface area contributed by atoms with E-state index in [1.165, 1.54) is 18.7 Å². The minimum Gasteiger partial charge on any atom is -0.383 e. The first-order valence-electron chi connectivity index (χ1n) is 5.67. The standard InChI is InChI=1S/C12H13N3O2S2/c1-7(16)14-9-4-2-8(3-5-9)13-6-10-11(17)15-12(18)19-10/h2-5,10,13H,6H2,1H3,(H,14,16)(H,15,17,18)/t10-/m1/s1. The van der Waals surface area contributed by atoms with Crippen molar-refractivity contribution in [2.75, 3.05) is 17.2 Å². The molecule has 1 aliphatic rings. The number of thioether (sulfide) groups is 1. The van der Waals surface area contributed by atoms with Gasteiger partial charge >= 0.3 is 0 Å². The third kappa shape index (κ3) is 3.93. The molecule has 100 valence electrons. The number of hydrogen-bond acceptors (Lipinski definition) is 5. The lowest BCUT2D eigenvalue weighted by Crippen LogP contribution is -2.28. The second kappa shape index (κ2) is 6.03. The van der Waals surface area contributed by atoms with E-state index in [1.807, 2.05) is 12.1 Å². The summed E-state index contributed by atoms with van der Waals surface area (Å²) < 4.78 is 0.526. The third-order valence-electron chi connectivity index (χ3n) is 2.46. The molecule has 3 N–H and O–H groups in total. The molecule has 1 fully saturated rings. The second-order valence-electron chi connectivity index (χ2n) is 4.02. The van der Waals surface area contributed by atoms with Gasteiger partial charge in [0.1, 0.15) is 9.57 Å². The predicted molar refractivity (Wildman–Crippen MR) is 81.4 cm³/mol. The molecule has 19 heavy (non-hydrogen) atoms. The van der Waals surface area contributed by atoms with Gasteiger partial charge < -0.3 is 16.0 Å². The Morgan fingerprint density at radius 1 is 1.37 bits per heavy atom. The Morgan fingerprint density at radius 2 is 2.00 bits per heavy atom. The molecule has 1 aliphatic heterocycles. The molecule has 0 radical (unpaired) electrons. The van der Waals surface area contributed by atoms with Crippen LogP contribution in [-0.2, 0) is 9.59 Å². The zero-order chi connectivity index (χ0) is 13.8. The molecule has 1 atom stereocenters. The van der Waals surface area contributed by atoms with E-state index in [9.17, 15) is 9.59 Å². The molecule has 0 unspecified atom stereocenters. The molecule has 0 bridgehead atoms. The van der Waals surface area contributed by atoms with E-state index < -0.39 is 0 Å². The van der Waals surface area contributed by atoms with Crippen molar-refractivity contribution >= 4 is 51.5 Å². The molecular formula is C12H13N3O2S2. The van der Waals surface area contributed by atoms with Crippen molar-refractivity contribution in [2.45, 2.75) is 12.2 Å². The Kier molecular flexibility index (Phi) is 4.39. The van der Waals surface area contributed by atoms with E-state index >= 15 is 0 Å². The van der Waals surface area contributed by atoms with Gasteiger partial charge in [-0.2, -0.15) is 0 Å². The highest BCUT2D eigenvalue weighted by molar-refractivity contribution is 8.24. The summed E-state index contributed by atoms with van der Waals surface area (Å²) in [7, 11) is 0. The highest BCUT2D eigenvalue weighted by atomic mass is 32.2. The summed E-state index contributed by atoms with van der Waals surface area (Å²) >= 11 is 6.28. The van der Waals surface area contributed by atoms with Crippen molar-refractivity contribution in [3.63, 3.8) is 0 Å². The maximum absolute atomic E-state index is 11.5. The Morgan fingerprint density at radius 3 is 2.53 bits per heavy atom. The van der Waals surface area contributed by atoms with Gasteiger partial charge in [0.05, 0.1) is 0 Å². The number of anilines is 2. The van der Waals surface area contributed by atoms with Crippen LogP contribution in [0.2, 0.25) is 0 Å². The molecule has 0 aromatic heterocycles. The quantitative estimate of drug-likeness (QED) is 0.736. The van der Waals surface area contributed by atoms with Gasteiger partial charge in [-0.3, -0.25) is 9.59 Å². The van der Waals surface area contributed by atoms with Gasteiger partial charge in [0.2, 0.25) is 11.8 Å². The molecule has 5 nitrogen and oxygen atoms in total. The van der Waals surface area contributed by atoms with Crippen molar-refractivity contribution in [3.05, 3.63) is 24.3 Å². The number of amides is 2. The Hall–Kier alpha value is -1.60. The number of carbonyl (C=O) groups excluding carboxylic acids is 2. The summed E-state index contributed by atoms with van der Waals surface area (Å²) in [6.45, 7) is 1.97. The molecule has 1 saturated heterocycles. The highest BCUT2D eigenvalue weighted by Crippen LogP contribution is 2.20. The first kappa shape index (κ1) is 13.8. The topological polar surface area (TPSA) is 70.2 Å². The van der Waals surface area contributed by atoms with Crippen LogP contribution in [0.1, 0.15) is 6.92 Å². The average Bonchev–Trinajstić information content (AvgIpc) is 2.66. The molecule has 1 heterocycles. The number of hydrogen-bond donors (Lipinski definition) is 3. The van der Waals surface area contributed by atoms with Crippen LogP contribution < -0.4 is 16.0 Å². The summed E-state index contributed by atoms with van der Waals surface area (Å²) in [4.78, 5) is 22.4. The number of nitrogens with one attached hydrogen (secondary N) is 3. The summed E-state index contributed by atoms with van der Waals surface area (Å²) in [6.07, 6.45) is 0. The van der Waals surface area contributed by atoms with Gasteiger partial charge in [-0.25, -0.2) is 0 Å². The number of thiocarbonyl (C=S) groups is 1. The van der Waals surface area contributed by atoms with Gasteiger partial charge in [0, 0.05) is 24.8 Å². The van der Waals surface area contributed by atoms with Gasteiger partial charge in [-0.15, -0.1) is 0 Å². The zero-order valence-electron chi connectivity index (χ0n) is 10.2. The molecular weight excluding hydrogens is 282 g/mol. The smallest absolute Gasteiger partial charge is 0.240 e. The Balaban J connectivity index is 1.88. The molecule has 0 aliphatic carbocycles. The van der Waals surface area contributed by atoms with Crippen LogP contribution >= 0.6 is 24.0 Å². The van der Waals surface area contributed by atoms with Crippen LogP contribution in [0.5, 0.6) is 0 Å². The monoisotopic (exact) mass is 295 g/mol. The summed E-state index contributed by atoms with van der Waals surface area (Å²) in [5.74, 6) is -0.161. The minimum absolute atomic E-state index is 0.0580. The predicted octanol–water partition coefficient (Wildman–Crippen LogP) is 1.57. The van der Waals surface area contributed by atoms with Crippen molar-refractivity contribution in [1.82, 2.24) is 5.32 Å². The van der Waals surface area contributed by atoms with Gasteiger partial charge in [-0.05, 0) is 24.3 Å². The van der Waals surface area contributed by atoms with Crippen LogP contribution in [0.15, 0.2) is 24.3 Å². The van der Waals surface area contributed by atoms with Crippen molar-refractivity contribution in [1.29, 1.82) is 0 Å². The normalized spacial score (nSPS) is 18.1. The summed E-state index contributed by atoms with van der Waals surface area (Å²) in [5, 5.41) is 8.26. The van der Waals surface area contributed by atoms with Gasteiger partial charge in [0.25, 0.3) is 0 Å². The lowest BCUT2D eigenvalue weighted by Gasteiger charge is -2.10. The molecule has 1 aromatic rings. The van der Waals surface area contributed by atoms with Crippen LogP contribution in [0.4, 0.5) is 11.4 Å². The van der Waals surface area contributed by atoms with E-state index in [0.29, 0.717) is 10.9 Å². The van der Waals surface area contributed by atoms with Crippen molar-refractivity contribution < 1.29 is 9.59 Å². The first-order valence-corrected chi connectivity index (χ1v) is 6.96. The largest absolute Gasteiger partial charge is 0.383 e. The third-order valence-corrected chi connectivity index (χ3v) is 3.84. The zero-order valence-corrected chi connectivity index (χ0v) is 11.9. The van der Waals surface area contributed by atoms with Gasteiger partial charge in [0.15, 0.2) is 0 Å². The number of benzene rings is 1. The maximum Gasteiger partial charge on any atom is 0.240 e. The van der Waals surface area contributed by atoms with E-state index in [4.69, 9.17) is 12.2 Å². The Labute approximate surface area is 120 Å². The summed E-state index contributed by atoms with van der Waals surface area (Å²) in [5.41, 5.74) is 1.63. The second-order valence-corrected chi connectivity index (χ2v) is 5.90. The lowest BCUT2D eigenvalue weighted by molar-refractivity contribution is -0.118. The fraction of sp³-hybridized carbons (Fsp3) is 0.250. The fourth-order valence-electron chi connectivity index (χ4n) is 1.61. The van der Waals surface area contributed by atoms with Crippen LogP contribution in [-0.4, -0.2) is 27.9 Å². The summed E-state index contributed by atoms with van der Waals surface area (Å²) in [6, 6.07) is 7.30. The molecule has 7 heteroatoms. The van der Waals surface area contributed by atoms with Crippen LogP contribution in [0, 0.1) is 0 Å². The average molecular weight is 295 g/mol. The molecule has 0 spiro atoms. The number of carbonyl (C=O) groups is 2. The van der Waals surface area contributed by atoms with Crippen molar-refractivity contribution in [3.8, 4) is 0 Å². The molecule has 0 saturated carbocycles. The highest BCUT2D eigenvalue weighted by Gasteiger charge is 2.28. The number of rotatable bonds is 4.